The molecule has 0 saturated carbocycles. The number of furan rings is 1. The van der Waals surface area contributed by atoms with Gasteiger partial charge in [-0.3, -0.25) is 9.59 Å². The molecule has 1 fully saturated rings. The van der Waals surface area contributed by atoms with E-state index in [4.69, 9.17) is 13.6 Å². The molecule has 9 heteroatoms. The van der Waals surface area contributed by atoms with Crippen molar-refractivity contribution in [2.75, 3.05) is 26.2 Å². The van der Waals surface area contributed by atoms with Crippen LogP contribution in [0.25, 0.3) is 11.3 Å². The lowest BCUT2D eigenvalue weighted by molar-refractivity contribution is 0.0371. The SMILES string of the molecule is CC(C)OC(=O)c1ncoc1-c1ccccc1C(=O)N1CCN(C(=O)c2ccco2)CC1. The first-order chi connectivity index (χ1) is 15.5. The molecule has 9 nitrogen and oxygen atoms in total. The zero-order valence-corrected chi connectivity index (χ0v) is 17.8. The molecule has 32 heavy (non-hydrogen) atoms. The van der Waals surface area contributed by atoms with Crippen LogP contribution < -0.4 is 0 Å². The molecule has 4 rings (SSSR count). The standard InChI is InChI=1S/C23H23N3O6/c1-15(2)32-23(29)19-20(31-14-24-19)16-6-3-4-7-17(16)21(27)25-9-11-26(12-10-25)22(28)18-8-5-13-30-18/h3-8,13-15H,9-12H2,1-2H3. The Hall–Kier alpha value is -3.88. The van der Waals surface area contributed by atoms with Crippen LogP contribution in [0.15, 0.2) is 57.9 Å². The molecule has 3 aromatic rings. The zero-order chi connectivity index (χ0) is 22.7. The number of ether oxygens (including phenoxy) is 1. The minimum Gasteiger partial charge on any atom is -0.459 e. The summed E-state index contributed by atoms with van der Waals surface area (Å²) >= 11 is 0. The average molecular weight is 437 g/mol. The zero-order valence-electron chi connectivity index (χ0n) is 17.8. The number of carbonyl (C=O) groups is 3. The minimum atomic E-state index is -0.615. The van der Waals surface area contributed by atoms with Crippen molar-refractivity contribution >= 4 is 17.8 Å². The lowest BCUT2D eigenvalue weighted by Gasteiger charge is -2.34. The van der Waals surface area contributed by atoms with Crippen LogP contribution in [-0.4, -0.2) is 64.9 Å². The van der Waals surface area contributed by atoms with Crippen molar-refractivity contribution < 1.29 is 28.0 Å². The first-order valence-corrected chi connectivity index (χ1v) is 10.3. The largest absolute Gasteiger partial charge is 0.459 e. The molecular weight excluding hydrogens is 414 g/mol. The van der Waals surface area contributed by atoms with Crippen molar-refractivity contribution in [3.63, 3.8) is 0 Å². The summed E-state index contributed by atoms with van der Waals surface area (Å²) in [4.78, 5) is 45.5. The van der Waals surface area contributed by atoms with Crippen LogP contribution in [0.3, 0.4) is 0 Å². The summed E-state index contributed by atoms with van der Waals surface area (Å²) in [6.07, 6.45) is 2.30. The fraction of sp³-hybridized carbons (Fsp3) is 0.304. The number of piperazine rings is 1. The second kappa shape index (κ2) is 9.09. The van der Waals surface area contributed by atoms with E-state index in [1.807, 2.05) is 0 Å². The normalized spacial score (nSPS) is 14.0. The van der Waals surface area contributed by atoms with E-state index in [1.165, 1.54) is 6.26 Å². The number of nitrogens with zero attached hydrogens (tertiary/aromatic N) is 3. The molecule has 1 saturated heterocycles. The van der Waals surface area contributed by atoms with Crippen LogP contribution in [0, 0.1) is 0 Å². The Kier molecular flexibility index (Phi) is 6.07. The number of esters is 1. The summed E-state index contributed by atoms with van der Waals surface area (Å²) in [6.45, 7) is 5.01. The maximum atomic E-state index is 13.3. The van der Waals surface area contributed by atoms with Crippen LogP contribution in [-0.2, 0) is 4.74 Å². The molecule has 0 aliphatic carbocycles. The van der Waals surface area contributed by atoms with E-state index in [9.17, 15) is 14.4 Å². The van der Waals surface area contributed by atoms with Crippen LogP contribution in [0.2, 0.25) is 0 Å². The van der Waals surface area contributed by atoms with E-state index < -0.39 is 5.97 Å². The summed E-state index contributed by atoms with van der Waals surface area (Å²) in [6, 6.07) is 10.2. The Morgan fingerprint density at radius 2 is 1.62 bits per heavy atom. The second-order valence-electron chi connectivity index (χ2n) is 7.59. The summed E-state index contributed by atoms with van der Waals surface area (Å²) in [7, 11) is 0. The third kappa shape index (κ3) is 4.27. The van der Waals surface area contributed by atoms with Crippen molar-refractivity contribution in [2.45, 2.75) is 20.0 Å². The highest BCUT2D eigenvalue weighted by Gasteiger charge is 2.29. The van der Waals surface area contributed by atoms with Gasteiger partial charge in [0.05, 0.1) is 17.9 Å². The number of aromatic nitrogens is 1. The van der Waals surface area contributed by atoms with E-state index in [2.05, 4.69) is 4.98 Å². The summed E-state index contributed by atoms with van der Waals surface area (Å²) in [5.41, 5.74) is 0.862. The van der Waals surface area contributed by atoms with E-state index in [0.717, 1.165) is 6.39 Å². The highest BCUT2D eigenvalue weighted by molar-refractivity contribution is 6.03. The van der Waals surface area contributed by atoms with E-state index in [1.54, 1.807) is 60.0 Å². The molecular formula is C23H23N3O6. The number of hydrogen-bond donors (Lipinski definition) is 0. The topological polar surface area (TPSA) is 106 Å². The van der Waals surface area contributed by atoms with Gasteiger partial charge in [0, 0.05) is 31.7 Å². The summed E-state index contributed by atoms with van der Waals surface area (Å²) in [5.74, 6) is -0.564. The number of oxazole rings is 1. The monoisotopic (exact) mass is 437 g/mol. The molecule has 2 aromatic heterocycles. The summed E-state index contributed by atoms with van der Waals surface area (Å²) < 4.78 is 15.9. The highest BCUT2D eigenvalue weighted by atomic mass is 16.5. The third-order valence-electron chi connectivity index (χ3n) is 5.09. The first kappa shape index (κ1) is 21.4. The van der Waals surface area contributed by atoms with Gasteiger partial charge in [0.15, 0.2) is 23.6 Å². The van der Waals surface area contributed by atoms with E-state index in [-0.39, 0.29) is 35.1 Å². The Balaban J connectivity index is 1.52. The lowest BCUT2D eigenvalue weighted by Crippen LogP contribution is -2.50. The third-order valence-corrected chi connectivity index (χ3v) is 5.09. The van der Waals surface area contributed by atoms with Crippen LogP contribution in [0.4, 0.5) is 0 Å². The van der Waals surface area contributed by atoms with Crippen LogP contribution in [0.1, 0.15) is 45.2 Å². The van der Waals surface area contributed by atoms with Crippen molar-refractivity contribution in [2.24, 2.45) is 0 Å². The number of amides is 2. The number of benzene rings is 1. The fourth-order valence-corrected chi connectivity index (χ4v) is 3.56. The Morgan fingerprint density at radius 1 is 0.938 bits per heavy atom. The molecule has 3 heterocycles. The molecule has 1 aliphatic rings. The quantitative estimate of drug-likeness (QED) is 0.565. The minimum absolute atomic E-state index is 0.0211. The molecule has 0 atom stereocenters. The van der Waals surface area contributed by atoms with Gasteiger partial charge in [-0.15, -0.1) is 0 Å². The highest BCUT2D eigenvalue weighted by Crippen LogP contribution is 2.29. The Morgan fingerprint density at radius 3 is 2.28 bits per heavy atom. The maximum absolute atomic E-state index is 13.3. The molecule has 1 aliphatic heterocycles. The number of hydrogen-bond acceptors (Lipinski definition) is 7. The Labute approximate surface area is 184 Å². The molecule has 0 N–H and O–H groups in total. The smallest absolute Gasteiger partial charge is 0.361 e. The lowest BCUT2D eigenvalue weighted by atomic mass is 10.0. The number of rotatable bonds is 5. The predicted octanol–water partition coefficient (Wildman–Crippen LogP) is 3.10. The van der Waals surface area contributed by atoms with Crippen molar-refractivity contribution in [3.8, 4) is 11.3 Å². The van der Waals surface area contributed by atoms with Gasteiger partial charge >= 0.3 is 5.97 Å². The van der Waals surface area contributed by atoms with Gasteiger partial charge in [0.1, 0.15) is 0 Å². The van der Waals surface area contributed by atoms with Crippen molar-refractivity contribution in [1.29, 1.82) is 0 Å². The van der Waals surface area contributed by atoms with Gasteiger partial charge in [-0.2, -0.15) is 0 Å². The van der Waals surface area contributed by atoms with Gasteiger partial charge < -0.3 is 23.4 Å². The van der Waals surface area contributed by atoms with Crippen LogP contribution >= 0.6 is 0 Å². The van der Waals surface area contributed by atoms with Gasteiger partial charge in [-0.05, 0) is 32.0 Å². The van der Waals surface area contributed by atoms with E-state index >= 15 is 0 Å². The summed E-state index contributed by atoms with van der Waals surface area (Å²) in [5, 5.41) is 0. The van der Waals surface area contributed by atoms with Crippen LogP contribution in [0.5, 0.6) is 0 Å². The van der Waals surface area contributed by atoms with E-state index in [0.29, 0.717) is 37.3 Å². The molecule has 166 valence electrons. The molecule has 0 unspecified atom stereocenters. The maximum Gasteiger partial charge on any atom is 0.361 e. The van der Waals surface area contributed by atoms with Gasteiger partial charge in [0.2, 0.25) is 0 Å². The Bertz CT molecular complexity index is 1110. The molecule has 0 spiro atoms. The number of carbonyl (C=O) groups excluding carboxylic acids is 3. The molecule has 2 amide bonds. The van der Waals surface area contributed by atoms with Gasteiger partial charge in [-0.1, -0.05) is 18.2 Å². The molecule has 0 radical (unpaired) electrons. The van der Waals surface area contributed by atoms with Crippen molar-refractivity contribution in [1.82, 2.24) is 14.8 Å². The fourth-order valence-electron chi connectivity index (χ4n) is 3.56. The second-order valence-corrected chi connectivity index (χ2v) is 7.59. The van der Waals surface area contributed by atoms with Crippen molar-refractivity contribution in [3.05, 3.63) is 66.1 Å². The first-order valence-electron chi connectivity index (χ1n) is 10.3. The predicted molar refractivity (Wildman–Crippen MR) is 113 cm³/mol. The van der Waals surface area contributed by atoms with Gasteiger partial charge in [0.25, 0.3) is 11.8 Å². The van der Waals surface area contributed by atoms with Gasteiger partial charge in [-0.25, -0.2) is 9.78 Å². The molecule has 0 bridgehead atoms. The molecule has 1 aromatic carbocycles. The average Bonchev–Trinajstić information content (AvgIpc) is 3.50.